The highest BCUT2D eigenvalue weighted by molar-refractivity contribution is 5.99. The van der Waals surface area contributed by atoms with Gasteiger partial charge in [0.25, 0.3) is 5.91 Å². The summed E-state index contributed by atoms with van der Waals surface area (Å²) in [7, 11) is 0. The molecule has 0 saturated carbocycles. The molecule has 2 aromatic carbocycles. The first-order chi connectivity index (χ1) is 16.3. The summed E-state index contributed by atoms with van der Waals surface area (Å²) < 4.78 is 0. The monoisotopic (exact) mass is 455 g/mol. The molecule has 4 N–H and O–H groups in total. The van der Waals surface area contributed by atoms with Gasteiger partial charge in [0.05, 0.1) is 11.6 Å². The van der Waals surface area contributed by atoms with Crippen molar-refractivity contribution >= 4 is 29.0 Å². The fourth-order valence-electron chi connectivity index (χ4n) is 4.18. The van der Waals surface area contributed by atoms with Crippen molar-refractivity contribution in [3.8, 4) is 6.07 Å². The minimum absolute atomic E-state index is 0.0623. The molecule has 34 heavy (non-hydrogen) atoms. The van der Waals surface area contributed by atoms with Crippen LogP contribution in [0.3, 0.4) is 0 Å². The van der Waals surface area contributed by atoms with E-state index in [0.29, 0.717) is 29.4 Å². The number of hydrogen-bond donors (Lipinski definition) is 4. The van der Waals surface area contributed by atoms with Gasteiger partial charge in [-0.05, 0) is 87.7 Å². The average Bonchev–Trinajstić information content (AvgIpc) is 2.79. The number of fused-ring (bicyclic) bond motifs is 1. The first-order valence-corrected chi connectivity index (χ1v) is 11.4. The number of carbonyl (C=O) groups is 1. The fourth-order valence-corrected chi connectivity index (χ4v) is 4.18. The van der Waals surface area contributed by atoms with Gasteiger partial charge < -0.3 is 21.3 Å². The number of benzene rings is 2. The molecule has 3 aromatic rings. The molecule has 0 fully saturated rings. The van der Waals surface area contributed by atoms with Crippen molar-refractivity contribution in [3.63, 3.8) is 0 Å². The zero-order chi connectivity index (χ0) is 24.3. The van der Waals surface area contributed by atoms with Gasteiger partial charge in [0.2, 0.25) is 5.95 Å². The Kier molecular flexibility index (Phi) is 6.48. The van der Waals surface area contributed by atoms with Crippen LogP contribution in [0.1, 0.15) is 53.4 Å². The summed E-state index contributed by atoms with van der Waals surface area (Å²) in [5.41, 5.74) is 5.92. The highest BCUT2D eigenvalue weighted by Crippen LogP contribution is 2.31. The van der Waals surface area contributed by atoms with Crippen molar-refractivity contribution < 1.29 is 4.79 Å². The number of carbonyl (C=O) groups excluding carboxylic acids is 1. The van der Waals surface area contributed by atoms with Crippen molar-refractivity contribution in [2.75, 3.05) is 23.7 Å². The second-order valence-corrected chi connectivity index (χ2v) is 8.88. The van der Waals surface area contributed by atoms with E-state index in [1.54, 1.807) is 12.1 Å². The highest BCUT2D eigenvalue weighted by atomic mass is 16.1. The lowest BCUT2D eigenvalue weighted by molar-refractivity contribution is 0.0956. The van der Waals surface area contributed by atoms with Crippen LogP contribution in [0.25, 0.3) is 0 Å². The Morgan fingerprint density at radius 3 is 2.68 bits per heavy atom. The number of anilines is 4. The highest BCUT2D eigenvalue weighted by Gasteiger charge is 2.26. The minimum atomic E-state index is -0.259. The maximum atomic E-state index is 12.6. The van der Waals surface area contributed by atoms with Crippen LogP contribution < -0.4 is 21.3 Å². The van der Waals surface area contributed by atoms with Crippen LogP contribution in [0.2, 0.25) is 0 Å². The molecule has 0 spiro atoms. The summed E-state index contributed by atoms with van der Waals surface area (Å²) in [5.74, 6) is 0.510. The lowest BCUT2D eigenvalue weighted by Crippen LogP contribution is -2.42. The molecule has 2 heterocycles. The summed E-state index contributed by atoms with van der Waals surface area (Å²) >= 11 is 0. The van der Waals surface area contributed by atoms with E-state index in [1.165, 1.54) is 17.3 Å². The van der Waals surface area contributed by atoms with Crippen molar-refractivity contribution in [2.45, 2.75) is 39.7 Å². The van der Waals surface area contributed by atoms with Crippen LogP contribution in [0.15, 0.2) is 42.6 Å². The minimum Gasteiger partial charge on any atom is -0.352 e. The van der Waals surface area contributed by atoms with Crippen molar-refractivity contribution in [2.24, 2.45) is 0 Å². The average molecular weight is 456 g/mol. The largest absolute Gasteiger partial charge is 0.352 e. The van der Waals surface area contributed by atoms with E-state index in [-0.39, 0.29) is 11.4 Å². The maximum Gasteiger partial charge on any atom is 0.256 e. The number of nitrogens with one attached hydrogen (secondary N) is 4. The SMILES string of the molecule is CCNC(=O)c1cnc(Nc2ccc3c(c2)CCNC3(C)C)nc1Nc1ccc(C#N)c(C)c1. The first kappa shape index (κ1) is 23.2. The Bertz CT molecular complexity index is 1280. The van der Waals surface area contributed by atoms with Gasteiger partial charge in [-0.25, -0.2) is 4.98 Å². The van der Waals surface area contributed by atoms with Crippen LogP contribution in [0.5, 0.6) is 0 Å². The van der Waals surface area contributed by atoms with Crippen LogP contribution in [-0.4, -0.2) is 29.0 Å². The van der Waals surface area contributed by atoms with Gasteiger partial charge in [-0.1, -0.05) is 6.07 Å². The smallest absolute Gasteiger partial charge is 0.256 e. The molecular weight excluding hydrogens is 426 g/mol. The molecule has 174 valence electrons. The molecule has 0 radical (unpaired) electrons. The molecule has 0 atom stereocenters. The number of nitrogens with zero attached hydrogens (tertiary/aromatic N) is 3. The Morgan fingerprint density at radius 2 is 1.94 bits per heavy atom. The maximum absolute atomic E-state index is 12.6. The van der Waals surface area contributed by atoms with Crippen LogP contribution in [-0.2, 0) is 12.0 Å². The van der Waals surface area contributed by atoms with Gasteiger partial charge >= 0.3 is 0 Å². The third-order valence-corrected chi connectivity index (χ3v) is 5.98. The Labute approximate surface area is 199 Å². The van der Waals surface area contributed by atoms with Crippen LogP contribution >= 0.6 is 0 Å². The number of hydrogen-bond acceptors (Lipinski definition) is 7. The Morgan fingerprint density at radius 1 is 1.18 bits per heavy atom. The molecule has 0 saturated heterocycles. The van der Waals surface area contributed by atoms with Crippen LogP contribution in [0.4, 0.5) is 23.1 Å². The fraction of sp³-hybridized carbons (Fsp3) is 0.308. The van der Waals surface area contributed by atoms with E-state index in [2.05, 4.69) is 63.3 Å². The Balaban J connectivity index is 1.65. The second kappa shape index (κ2) is 9.49. The lowest BCUT2D eigenvalue weighted by atomic mass is 9.85. The normalized spacial score (nSPS) is 14.0. The van der Waals surface area contributed by atoms with Gasteiger partial charge in [0.15, 0.2) is 0 Å². The topological polar surface area (TPSA) is 115 Å². The molecule has 8 heteroatoms. The predicted molar refractivity (Wildman–Crippen MR) is 134 cm³/mol. The molecular formula is C26H29N7O. The van der Waals surface area contributed by atoms with Crippen molar-refractivity contribution in [1.29, 1.82) is 5.26 Å². The van der Waals surface area contributed by atoms with E-state index in [1.807, 2.05) is 26.0 Å². The van der Waals surface area contributed by atoms with Gasteiger partial charge in [0, 0.05) is 29.7 Å². The summed E-state index contributed by atoms with van der Waals surface area (Å²) in [5, 5.41) is 22.0. The first-order valence-electron chi connectivity index (χ1n) is 11.4. The number of aryl methyl sites for hydroxylation is 1. The van der Waals surface area contributed by atoms with Crippen molar-refractivity contribution in [3.05, 3.63) is 70.4 Å². The zero-order valence-electron chi connectivity index (χ0n) is 19.9. The molecule has 0 aliphatic carbocycles. The van der Waals surface area contributed by atoms with Crippen molar-refractivity contribution in [1.82, 2.24) is 20.6 Å². The Hall–Kier alpha value is -3.96. The number of nitriles is 1. The van der Waals surface area contributed by atoms with E-state index in [9.17, 15) is 10.1 Å². The molecule has 4 rings (SSSR count). The van der Waals surface area contributed by atoms with E-state index < -0.39 is 0 Å². The molecule has 1 aliphatic heterocycles. The standard InChI is InChI=1S/C26H29N7O/c1-5-28-24(34)21-15-29-25(33-23(21)31-19-7-6-18(14-27)16(2)12-19)32-20-8-9-22-17(13-20)10-11-30-26(22,3)4/h6-9,12-13,15,30H,5,10-11H2,1-4H3,(H,28,34)(H2,29,31,32,33). The third kappa shape index (κ3) is 4.85. The third-order valence-electron chi connectivity index (χ3n) is 5.98. The number of amides is 1. The van der Waals surface area contributed by atoms with Gasteiger partial charge in [0.1, 0.15) is 11.4 Å². The van der Waals surface area contributed by atoms with Crippen LogP contribution in [0, 0.1) is 18.3 Å². The van der Waals surface area contributed by atoms with E-state index >= 15 is 0 Å². The zero-order valence-corrected chi connectivity index (χ0v) is 19.9. The second-order valence-electron chi connectivity index (χ2n) is 8.88. The van der Waals surface area contributed by atoms with E-state index in [0.717, 1.165) is 29.9 Å². The predicted octanol–water partition coefficient (Wildman–Crippen LogP) is 4.27. The summed E-state index contributed by atoms with van der Waals surface area (Å²) in [6, 6.07) is 13.8. The summed E-state index contributed by atoms with van der Waals surface area (Å²) in [4.78, 5) is 21.6. The molecule has 0 bridgehead atoms. The van der Waals surface area contributed by atoms with Gasteiger partial charge in [-0.3, -0.25) is 4.79 Å². The quantitative estimate of drug-likeness (QED) is 0.439. The molecule has 8 nitrogen and oxygen atoms in total. The lowest BCUT2D eigenvalue weighted by Gasteiger charge is -2.34. The van der Waals surface area contributed by atoms with Gasteiger partial charge in [-0.2, -0.15) is 10.2 Å². The van der Waals surface area contributed by atoms with Gasteiger partial charge in [-0.15, -0.1) is 0 Å². The molecule has 1 aromatic heterocycles. The summed E-state index contributed by atoms with van der Waals surface area (Å²) in [6.07, 6.45) is 2.47. The number of aromatic nitrogens is 2. The summed E-state index contributed by atoms with van der Waals surface area (Å²) in [6.45, 7) is 9.52. The van der Waals surface area contributed by atoms with E-state index in [4.69, 9.17) is 0 Å². The molecule has 0 unspecified atom stereocenters. The number of rotatable bonds is 6. The molecule has 1 aliphatic rings. The molecule has 1 amide bonds.